The van der Waals surface area contributed by atoms with Crippen molar-refractivity contribution in [3.63, 3.8) is 0 Å². The van der Waals surface area contributed by atoms with Crippen molar-refractivity contribution in [3.8, 4) is 22.5 Å². The molecular weight excluding hydrogens is 637 g/mol. The van der Waals surface area contributed by atoms with Gasteiger partial charge in [0, 0.05) is 66.6 Å². The van der Waals surface area contributed by atoms with Crippen molar-refractivity contribution in [3.05, 3.63) is 170 Å². The summed E-state index contributed by atoms with van der Waals surface area (Å²) in [7, 11) is 0. The number of aromatic nitrogens is 2. The average molecular weight is 665 g/mol. The SMILES string of the molecule is c1ccc2c(c1)c1ccccc1n2-c1ccc2c(c1)oc1cc(-c3ccc4c(c3)oc3cc(-n5c6ccccc6c6ccccc65)ccc34)ccc12. The number of benzene rings is 8. The second-order valence-electron chi connectivity index (χ2n) is 13.7. The minimum atomic E-state index is 0.868. The predicted molar refractivity (Wildman–Crippen MR) is 215 cm³/mol. The molecule has 4 heteroatoms. The summed E-state index contributed by atoms with van der Waals surface area (Å²) in [5.41, 5.74) is 12.6. The lowest BCUT2D eigenvalue weighted by Gasteiger charge is -2.07. The summed E-state index contributed by atoms with van der Waals surface area (Å²) >= 11 is 0. The molecule has 242 valence electrons. The van der Waals surface area contributed by atoms with Crippen LogP contribution in [-0.4, -0.2) is 9.13 Å². The molecule has 4 aromatic heterocycles. The molecule has 12 rings (SSSR count). The molecule has 0 saturated carbocycles. The fraction of sp³-hybridized carbons (Fsp3) is 0. The molecule has 4 heterocycles. The molecule has 0 spiro atoms. The molecule has 0 amide bonds. The molecule has 0 saturated heterocycles. The Labute approximate surface area is 296 Å². The fourth-order valence-corrected chi connectivity index (χ4v) is 8.57. The van der Waals surface area contributed by atoms with Gasteiger partial charge in [0.1, 0.15) is 22.3 Å². The van der Waals surface area contributed by atoms with Gasteiger partial charge in [-0.15, -0.1) is 0 Å². The highest BCUT2D eigenvalue weighted by atomic mass is 16.3. The largest absolute Gasteiger partial charge is 0.456 e. The molecular formula is C48H28N2O2. The van der Waals surface area contributed by atoms with E-state index in [1.807, 2.05) is 0 Å². The number of hydrogen-bond acceptors (Lipinski definition) is 2. The molecule has 0 bridgehead atoms. The van der Waals surface area contributed by atoms with Gasteiger partial charge < -0.3 is 18.0 Å². The zero-order chi connectivity index (χ0) is 33.9. The van der Waals surface area contributed by atoms with Crippen LogP contribution in [0.3, 0.4) is 0 Å². The van der Waals surface area contributed by atoms with E-state index in [4.69, 9.17) is 8.83 Å². The van der Waals surface area contributed by atoms with E-state index in [1.165, 1.54) is 43.6 Å². The van der Waals surface area contributed by atoms with Crippen molar-refractivity contribution in [2.75, 3.05) is 0 Å². The zero-order valence-electron chi connectivity index (χ0n) is 27.9. The van der Waals surface area contributed by atoms with E-state index < -0.39 is 0 Å². The molecule has 0 fully saturated rings. The maximum Gasteiger partial charge on any atom is 0.137 e. The predicted octanol–water partition coefficient (Wildman–Crippen LogP) is 13.3. The van der Waals surface area contributed by atoms with Gasteiger partial charge in [-0.1, -0.05) is 84.9 Å². The van der Waals surface area contributed by atoms with Crippen LogP contribution < -0.4 is 0 Å². The summed E-state index contributed by atoms with van der Waals surface area (Å²) in [6.07, 6.45) is 0. The molecule has 4 nitrogen and oxygen atoms in total. The third kappa shape index (κ3) is 3.81. The lowest BCUT2D eigenvalue weighted by atomic mass is 10.0. The molecule has 0 radical (unpaired) electrons. The van der Waals surface area contributed by atoms with Crippen molar-refractivity contribution >= 4 is 87.5 Å². The number of fused-ring (bicyclic) bond motifs is 12. The van der Waals surface area contributed by atoms with Crippen LogP contribution in [0.5, 0.6) is 0 Å². The highest BCUT2D eigenvalue weighted by Gasteiger charge is 2.17. The highest BCUT2D eigenvalue weighted by Crippen LogP contribution is 2.39. The number of rotatable bonds is 3. The van der Waals surface area contributed by atoms with Crippen molar-refractivity contribution in [2.45, 2.75) is 0 Å². The van der Waals surface area contributed by atoms with E-state index in [-0.39, 0.29) is 0 Å². The molecule has 0 aliphatic heterocycles. The van der Waals surface area contributed by atoms with Crippen molar-refractivity contribution in [1.82, 2.24) is 9.13 Å². The van der Waals surface area contributed by atoms with Gasteiger partial charge in [-0.3, -0.25) is 0 Å². The van der Waals surface area contributed by atoms with Crippen LogP contribution in [0.1, 0.15) is 0 Å². The Morgan fingerprint density at radius 1 is 0.269 bits per heavy atom. The van der Waals surface area contributed by atoms with E-state index in [9.17, 15) is 0 Å². The Morgan fingerprint density at radius 3 is 0.942 bits per heavy atom. The first-order valence-electron chi connectivity index (χ1n) is 17.7. The Hall–Kier alpha value is -7.04. The molecule has 0 atom stereocenters. The Kier molecular flexibility index (Phi) is 5.47. The van der Waals surface area contributed by atoms with Gasteiger partial charge in [-0.25, -0.2) is 0 Å². The summed E-state index contributed by atoms with van der Waals surface area (Å²) in [6.45, 7) is 0. The van der Waals surface area contributed by atoms with Gasteiger partial charge in [0.25, 0.3) is 0 Å². The summed E-state index contributed by atoms with van der Waals surface area (Å²) in [4.78, 5) is 0. The maximum atomic E-state index is 6.58. The first kappa shape index (κ1) is 27.7. The Bertz CT molecular complexity index is 3090. The van der Waals surface area contributed by atoms with Crippen LogP contribution >= 0.6 is 0 Å². The smallest absolute Gasteiger partial charge is 0.137 e. The standard InChI is InChI=1S/C48H28N2O2/c1-5-13-41-33(9-1)34-10-2-6-14-42(34)49(41)31-19-23-39-37-21-17-29(25-45(37)51-47(39)27-31)30-18-22-38-40-24-20-32(28-48(40)52-46(38)26-30)50-43-15-7-3-11-35(43)36-12-4-8-16-44(36)50/h1-28H. The first-order chi connectivity index (χ1) is 25.8. The third-order valence-electron chi connectivity index (χ3n) is 10.9. The summed E-state index contributed by atoms with van der Waals surface area (Å²) < 4.78 is 17.8. The van der Waals surface area contributed by atoms with Gasteiger partial charge in [-0.05, 0) is 83.9 Å². The molecule has 0 aliphatic rings. The van der Waals surface area contributed by atoms with E-state index in [1.54, 1.807) is 0 Å². The molecule has 0 N–H and O–H groups in total. The lowest BCUT2D eigenvalue weighted by Crippen LogP contribution is -1.93. The topological polar surface area (TPSA) is 36.1 Å². The Morgan fingerprint density at radius 2 is 0.577 bits per heavy atom. The molecule has 0 unspecified atom stereocenters. The van der Waals surface area contributed by atoms with Crippen LogP contribution in [0.15, 0.2) is 179 Å². The van der Waals surface area contributed by atoms with Gasteiger partial charge in [0.15, 0.2) is 0 Å². The van der Waals surface area contributed by atoms with Crippen LogP contribution in [0, 0.1) is 0 Å². The van der Waals surface area contributed by atoms with E-state index >= 15 is 0 Å². The quantitative estimate of drug-likeness (QED) is 0.188. The maximum absolute atomic E-state index is 6.58. The van der Waals surface area contributed by atoms with Crippen LogP contribution in [0.2, 0.25) is 0 Å². The number of para-hydroxylation sites is 4. The molecule has 52 heavy (non-hydrogen) atoms. The van der Waals surface area contributed by atoms with Crippen molar-refractivity contribution in [1.29, 1.82) is 0 Å². The van der Waals surface area contributed by atoms with Crippen LogP contribution in [0.4, 0.5) is 0 Å². The molecule has 12 aromatic rings. The van der Waals surface area contributed by atoms with Gasteiger partial charge >= 0.3 is 0 Å². The number of hydrogen-bond donors (Lipinski definition) is 0. The first-order valence-corrected chi connectivity index (χ1v) is 17.7. The molecule has 0 aliphatic carbocycles. The van der Waals surface area contributed by atoms with E-state index in [0.29, 0.717) is 0 Å². The van der Waals surface area contributed by atoms with Crippen LogP contribution in [0.25, 0.3) is 110 Å². The second-order valence-corrected chi connectivity index (χ2v) is 13.7. The average Bonchev–Trinajstić information content (AvgIpc) is 3.94. The van der Waals surface area contributed by atoms with Gasteiger partial charge in [-0.2, -0.15) is 0 Å². The molecule has 8 aromatic carbocycles. The van der Waals surface area contributed by atoms with Crippen molar-refractivity contribution in [2.24, 2.45) is 0 Å². The lowest BCUT2D eigenvalue weighted by molar-refractivity contribution is 0.668. The zero-order valence-corrected chi connectivity index (χ0v) is 27.9. The second kappa shape index (κ2) is 10.3. The van der Waals surface area contributed by atoms with E-state index in [0.717, 1.165) is 66.4 Å². The highest BCUT2D eigenvalue weighted by molar-refractivity contribution is 6.12. The summed E-state index contributed by atoms with van der Waals surface area (Å²) in [5.74, 6) is 0. The minimum Gasteiger partial charge on any atom is -0.456 e. The van der Waals surface area contributed by atoms with Gasteiger partial charge in [0.05, 0.1) is 22.1 Å². The van der Waals surface area contributed by atoms with Crippen molar-refractivity contribution < 1.29 is 8.83 Å². The normalized spacial score (nSPS) is 12.2. The van der Waals surface area contributed by atoms with E-state index in [2.05, 4.69) is 179 Å². The van der Waals surface area contributed by atoms with Crippen LogP contribution in [-0.2, 0) is 0 Å². The third-order valence-corrected chi connectivity index (χ3v) is 10.9. The summed E-state index contributed by atoms with van der Waals surface area (Å²) in [6, 6.07) is 60.5. The Balaban J connectivity index is 0.951. The minimum absolute atomic E-state index is 0.868. The summed E-state index contributed by atoms with van der Waals surface area (Å²) in [5, 5.41) is 9.42. The monoisotopic (exact) mass is 664 g/mol. The number of furan rings is 2. The van der Waals surface area contributed by atoms with Gasteiger partial charge in [0.2, 0.25) is 0 Å². The number of nitrogens with zero attached hydrogens (tertiary/aromatic N) is 2. The fourth-order valence-electron chi connectivity index (χ4n) is 8.57.